The van der Waals surface area contributed by atoms with Gasteiger partial charge in [-0.25, -0.2) is 13.1 Å². The van der Waals surface area contributed by atoms with Crippen LogP contribution in [0.4, 0.5) is 0 Å². The SMILES string of the molecule is CCNCc1ccc(CS(=O)(=O)NC(C)(CC)CC)cc1. The van der Waals surface area contributed by atoms with E-state index in [-0.39, 0.29) is 11.3 Å². The summed E-state index contributed by atoms with van der Waals surface area (Å²) in [6.07, 6.45) is 1.56. The molecule has 2 N–H and O–H groups in total. The lowest BCUT2D eigenvalue weighted by atomic mass is 9.98. The van der Waals surface area contributed by atoms with Crippen LogP contribution < -0.4 is 10.0 Å². The summed E-state index contributed by atoms with van der Waals surface area (Å²) >= 11 is 0. The molecule has 0 spiro atoms. The molecule has 5 heteroatoms. The van der Waals surface area contributed by atoms with Gasteiger partial charge in [-0.2, -0.15) is 0 Å². The summed E-state index contributed by atoms with van der Waals surface area (Å²) in [6, 6.07) is 7.74. The van der Waals surface area contributed by atoms with Crippen molar-refractivity contribution >= 4 is 10.0 Å². The summed E-state index contributed by atoms with van der Waals surface area (Å²) in [5.41, 5.74) is 1.62. The number of rotatable bonds is 9. The molecule has 0 aromatic heterocycles. The van der Waals surface area contributed by atoms with Crippen molar-refractivity contribution in [1.29, 1.82) is 0 Å². The van der Waals surface area contributed by atoms with Crippen LogP contribution >= 0.6 is 0 Å². The van der Waals surface area contributed by atoms with Gasteiger partial charge in [0.1, 0.15) is 0 Å². The van der Waals surface area contributed by atoms with Crippen LogP contribution in [-0.4, -0.2) is 20.5 Å². The Morgan fingerprint density at radius 2 is 1.52 bits per heavy atom. The maximum absolute atomic E-state index is 12.3. The molecule has 0 amide bonds. The maximum atomic E-state index is 12.3. The molecule has 0 aliphatic rings. The van der Waals surface area contributed by atoms with Gasteiger partial charge >= 0.3 is 0 Å². The van der Waals surface area contributed by atoms with Crippen molar-refractivity contribution in [2.75, 3.05) is 6.54 Å². The highest BCUT2D eigenvalue weighted by Gasteiger charge is 2.26. The minimum absolute atomic E-state index is 0.0318. The number of hydrogen-bond acceptors (Lipinski definition) is 3. The van der Waals surface area contributed by atoms with Crippen LogP contribution in [0.2, 0.25) is 0 Å². The van der Waals surface area contributed by atoms with Gasteiger partial charge in [-0.3, -0.25) is 0 Å². The Morgan fingerprint density at radius 3 is 2.00 bits per heavy atom. The van der Waals surface area contributed by atoms with Crippen LogP contribution in [-0.2, 0) is 22.3 Å². The first-order valence-corrected chi connectivity index (χ1v) is 9.29. The van der Waals surface area contributed by atoms with E-state index in [2.05, 4.69) is 17.0 Å². The van der Waals surface area contributed by atoms with Gasteiger partial charge in [-0.05, 0) is 37.4 Å². The summed E-state index contributed by atoms with van der Waals surface area (Å²) in [5.74, 6) is 0.0318. The Morgan fingerprint density at radius 1 is 1.00 bits per heavy atom. The summed E-state index contributed by atoms with van der Waals surface area (Å²) in [6.45, 7) is 9.75. The van der Waals surface area contributed by atoms with E-state index in [1.54, 1.807) is 0 Å². The van der Waals surface area contributed by atoms with E-state index in [4.69, 9.17) is 0 Å². The Balaban J connectivity index is 2.71. The molecule has 0 atom stereocenters. The van der Waals surface area contributed by atoms with Crippen molar-refractivity contribution in [3.63, 3.8) is 0 Å². The van der Waals surface area contributed by atoms with Crippen LogP contribution in [0.25, 0.3) is 0 Å². The molecule has 1 aromatic carbocycles. The van der Waals surface area contributed by atoms with E-state index in [0.717, 1.165) is 37.1 Å². The van der Waals surface area contributed by atoms with E-state index in [9.17, 15) is 8.42 Å². The van der Waals surface area contributed by atoms with E-state index >= 15 is 0 Å². The van der Waals surface area contributed by atoms with E-state index in [1.165, 1.54) is 0 Å². The molecule has 0 bridgehead atoms. The van der Waals surface area contributed by atoms with Gasteiger partial charge in [0.15, 0.2) is 0 Å². The third-order valence-electron chi connectivity index (χ3n) is 3.92. The molecule has 1 aromatic rings. The average Bonchev–Trinajstić information content (AvgIpc) is 2.45. The lowest BCUT2D eigenvalue weighted by molar-refractivity contribution is 0.388. The normalized spacial score (nSPS) is 12.6. The Bertz CT molecular complexity index is 520. The van der Waals surface area contributed by atoms with Gasteiger partial charge in [-0.1, -0.05) is 45.0 Å². The van der Waals surface area contributed by atoms with Crippen molar-refractivity contribution in [3.05, 3.63) is 35.4 Å². The second kappa shape index (κ2) is 7.92. The molecule has 21 heavy (non-hydrogen) atoms. The van der Waals surface area contributed by atoms with E-state index in [0.29, 0.717) is 0 Å². The third kappa shape index (κ3) is 6.16. The fourth-order valence-corrected chi connectivity index (χ4v) is 3.79. The van der Waals surface area contributed by atoms with Crippen LogP contribution in [0.15, 0.2) is 24.3 Å². The number of sulfonamides is 1. The standard InChI is InChI=1S/C16H28N2O2S/c1-5-16(4,6-2)18-21(19,20)13-15-10-8-14(9-11-15)12-17-7-3/h8-11,17-18H,5-7,12-13H2,1-4H3. The summed E-state index contributed by atoms with van der Waals surface area (Å²) in [7, 11) is -3.31. The predicted molar refractivity (Wildman–Crippen MR) is 88.6 cm³/mol. The fraction of sp³-hybridized carbons (Fsp3) is 0.625. The van der Waals surface area contributed by atoms with Gasteiger partial charge in [-0.15, -0.1) is 0 Å². The Hall–Kier alpha value is -0.910. The smallest absolute Gasteiger partial charge is 0.216 e. The molecular formula is C16H28N2O2S. The van der Waals surface area contributed by atoms with E-state index in [1.807, 2.05) is 45.0 Å². The number of hydrogen-bond donors (Lipinski definition) is 2. The third-order valence-corrected chi connectivity index (χ3v) is 5.44. The molecule has 0 heterocycles. The molecule has 0 unspecified atom stereocenters. The topological polar surface area (TPSA) is 58.2 Å². The van der Waals surface area contributed by atoms with Gasteiger partial charge < -0.3 is 5.32 Å². The van der Waals surface area contributed by atoms with Gasteiger partial charge in [0.25, 0.3) is 0 Å². The monoisotopic (exact) mass is 312 g/mol. The van der Waals surface area contributed by atoms with Gasteiger partial charge in [0.05, 0.1) is 5.75 Å². The lowest BCUT2D eigenvalue weighted by Crippen LogP contribution is -2.45. The largest absolute Gasteiger partial charge is 0.313 e. The van der Waals surface area contributed by atoms with Crippen molar-refractivity contribution in [2.45, 2.75) is 58.4 Å². The van der Waals surface area contributed by atoms with Crippen molar-refractivity contribution in [3.8, 4) is 0 Å². The second-order valence-electron chi connectivity index (χ2n) is 5.73. The van der Waals surface area contributed by atoms with E-state index < -0.39 is 10.0 Å². The van der Waals surface area contributed by atoms with Gasteiger partial charge in [0.2, 0.25) is 10.0 Å². The first kappa shape index (κ1) is 18.1. The zero-order valence-corrected chi connectivity index (χ0v) is 14.4. The minimum atomic E-state index is -3.31. The predicted octanol–water partition coefficient (Wildman–Crippen LogP) is 2.79. The molecule has 4 nitrogen and oxygen atoms in total. The molecule has 0 saturated carbocycles. The van der Waals surface area contributed by atoms with Gasteiger partial charge in [0, 0.05) is 12.1 Å². The first-order chi connectivity index (χ1) is 9.84. The lowest BCUT2D eigenvalue weighted by Gasteiger charge is -2.27. The van der Waals surface area contributed by atoms with Crippen LogP contribution in [0.5, 0.6) is 0 Å². The first-order valence-electron chi connectivity index (χ1n) is 7.64. The zero-order valence-electron chi connectivity index (χ0n) is 13.6. The highest BCUT2D eigenvalue weighted by Crippen LogP contribution is 2.17. The number of nitrogens with one attached hydrogen (secondary N) is 2. The van der Waals surface area contributed by atoms with Crippen molar-refractivity contribution in [1.82, 2.24) is 10.0 Å². The maximum Gasteiger partial charge on any atom is 0.216 e. The summed E-state index contributed by atoms with van der Waals surface area (Å²) in [5, 5.41) is 3.25. The molecule has 0 aliphatic heterocycles. The van der Waals surface area contributed by atoms with Crippen LogP contribution in [0.1, 0.15) is 51.7 Å². The molecule has 0 fully saturated rings. The van der Waals surface area contributed by atoms with Crippen molar-refractivity contribution < 1.29 is 8.42 Å². The zero-order chi connectivity index (χ0) is 15.9. The Labute approximate surface area is 129 Å². The Kier molecular flexibility index (Phi) is 6.84. The highest BCUT2D eigenvalue weighted by molar-refractivity contribution is 7.88. The van der Waals surface area contributed by atoms with Crippen LogP contribution in [0.3, 0.4) is 0 Å². The van der Waals surface area contributed by atoms with Crippen LogP contribution in [0, 0.1) is 0 Å². The second-order valence-corrected chi connectivity index (χ2v) is 7.45. The quantitative estimate of drug-likeness (QED) is 0.737. The highest BCUT2D eigenvalue weighted by atomic mass is 32.2. The fourth-order valence-electron chi connectivity index (χ4n) is 2.05. The molecule has 120 valence electrons. The number of benzene rings is 1. The molecule has 1 rings (SSSR count). The summed E-state index contributed by atoms with van der Waals surface area (Å²) in [4.78, 5) is 0. The summed E-state index contributed by atoms with van der Waals surface area (Å²) < 4.78 is 27.4. The van der Waals surface area contributed by atoms with Crippen molar-refractivity contribution in [2.24, 2.45) is 0 Å². The molecule has 0 aliphatic carbocycles. The molecular weight excluding hydrogens is 284 g/mol. The molecule has 0 radical (unpaired) electrons. The average molecular weight is 312 g/mol. The minimum Gasteiger partial charge on any atom is -0.313 e. The molecule has 0 saturated heterocycles.